The quantitative estimate of drug-likeness (QED) is 0.107. The lowest BCUT2D eigenvalue weighted by Crippen LogP contribution is -2.72. The lowest BCUT2D eigenvalue weighted by Gasteiger charge is -2.54. The second kappa shape index (κ2) is 19.1. The van der Waals surface area contributed by atoms with Crippen molar-refractivity contribution in [3.05, 3.63) is 0 Å². The van der Waals surface area contributed by atoms with E-state index < -0.39 is 0 Å². The van der Waals surface area contributed by atoms with Crippen molar-refractivity contribution in [2.45, 2.75) is 168 Å². The Labute approximate surface area is 217 Å². The standard InChI is InChI=1S/C32H68N2/c1-7-9-11-13-15-17-19-21-23-25-27-33(5)29-31(3)34(6,32(4)30-33)28-26-24-22-20-18-16-14-12-10-8-2/h31-32H,7-30H2,1-6H3/q+2. The number of hydrogen-bond acceptors (Lipinski definition) is 0. The highest BCUT2D eigenvalue weighted by Gasteiger charge is 2.47. The molecule has 1 aliphatic rings. The van der Waals surface area contributed by atoms with Crippen LogP contribution in [0.5, 0.6) is 0 Å². The molecule has 1 saturated heterocycles. The van der Waals surface area contributed by atoms with Crippen LogP contribution in [0.15, 0.2) is 0 Å². The van der Waals surface area contributed by atoms with E-state index >= 15 is 0 Å². The van der Waals surface area contributed by atoms with Crippen molar-refractivity contribution in [2.75, 3.05) is 40.3 Å². The summed E-state index contributed by atoms with van der Waals surface area (Å²) in [5, 5.41) is 0. The van der Waals surface area contributed by atoms with Crippen LogP contribution in [0.4, 0.5) is 0 Å². The van der Waals surface area contributed by atoms with Gasteiger partial charge in [0.2, 0.25) is 0 Å². The summed E-state index contributed by atoms with van der Waals surface area (Å²) >= 11 is 0. The van der Waals surface area contributed by atoms with Crippen molar-refractivity contribution in [3.63, 3.8) is 0 Å². The maximum Gasteiger partial charge on any atom is 0.136 e. The number of likely N-dealkylation sites (N-methyl/N-ethyl adjacent to an activating group) is 2. The molecule has 1 fully saturated rings. The molecule has 204 valence electrons. The van der Waals surface area contributed by atoms with Gasteiger partial charge in [0.05, 0.1) is 27.2 Å². The second-order valence-electron chi connectivity index (χ2n) is 12.8. The molecule has 0 aromatic rings. The predicted octanol–water partition coefficient (Wildman–Crippen LogP) is 9.51. The summed E-state index contributed by atoms with van der Waals surface area (Å²) in [6.07, 6.45) is 29.0. The van der Waals surface area contributed by atoms with Gasteiger partial charge in [0.1, 0.15) is 25.2 Å². The van der Waals surface area contributed by atoms with Gasteiger partial charge < -0.3 is 8.97 Å². The Morgan fingerprint density at radius 2 is 0.735 bits per heavy atom. The minimum absolute atomic E-state index is 0.801. The van der Waals surface area contributed by atoms with E-state index in [2.05, 4.69) is 41.8 Å². The van der Waals surface area contributed by atoms with Crippen LogP contribution in [0, 0.1) is 0 Å². The largest absolute Gasteiger partial charge is 0.316 e. The monoisotopic (exact) mass is 481 g/mol. The summed E-state index contributed by atoms with van der Waals surface area (Å²) in [5.74, 6) is 0. The third kappa shape index (κ3) is 13.3. The molecular formula is C32H68N2+2. The van der Waals surface area contributed by atoms with E-state index in [0.717, 1.165) is 12.1 Å². The highest BCUT2D eigenvalue weighted by molar-refractivity contribution is 4.67. The number of rotatable bonds is 22. The third-order valence-electron chi connectivity index (χ3n) is 9.47. The molecule has 1 heterocycles. The minimum atomic E-state index is 0.801. The molecule has 0 saturated carbocycles. The predicted molar refractivity (Wildman–Crippen MR) is 154 cm³/mol. The number of unbranched alkanes of at least 4 members (excludes halogenated alkanes) is 18. The molecule has 2 unspecified atom stereocenters. The fourth-order valence-corrected chi connectivity index (χ4v) is 6.70. The number of piperazine rings is 1. The van der Waals surface area contributed by atoms with Gasteiger partial charge in [-0.1, -0.05) is 117 Å². The van der Waals surface area contributed by atoms with Crippen molar-refractivity contribution in [3.8, 4) is 0 Å². The van der Waals surface area contributed by atoms with E-state index in [1.165, 1.54) is 164 Å². The van der Waals surface area contributed by atoms with E-state index in [1.54, 1.807) is 0 Å². The molecule has 2 atom stereocenters. The fraction of sp³-hybridized carbons (Fsp3) is 1.00. The van der Waals surface area contributed by atoms with Gasteiger partial charge in [-0.3, -0.25) is 0 Å². The topological polar surface area (TPSA) is 0 Å². The zero-order valence-corrected chi connectivity index (χ0v) is 25.0. The fourth-order valence-electron chi connectivity index (χ4n) is 6.70. The number of nitrogens with zero attached hydrogens (tertiary/aromatic N) is 2. The van der Waals surface area contributed by atoms with Crippen LogP contribution in [-0.2, 0) is 0 Å². The second-order valence-corrected chi connectivity index (χ2v) is 12.8. The lowest BCUT2D eigenvalue weighted by atomic mass is 9.99. The molecule has 0 N–H and O–H groups in total. The lowest BCUT2D eigenvalue weighted by molar-refractivity contribution is -1.05. The van der Waals surface area contributed by atoms with Crippen molar-refractivity contribution in [1.29, 1.82) is 0 Å². The van der Waals surface area contributed by atoms with Gasteiger partial charge in [0, 0.05) is 0 Å². The average Bonchev–Trinajstić information content (AvgIpc) is 2.80. The van der Waals surface area contributed by atoms with Crippen molar-refractivity contribution in [1.82, 2.24) is 0 Å². The van der Waals surface area contributed by atoms with Crippen molar-refractivity contribution < 1.29 is 8.97 Å². The van der Waals surface area contributed by atoms with Crippen LogP contribution >= 0.6 is 0 Å². The van der Waals surface area contributed by atoms with Crippen LogP contribution in [0.1, 0.15) is 156 Å². The first-order valence-corrected chi connectivity index (χ1v) is 16.1. The summed E-state index contributed by atoms with van der Waals surface area (Å²) in [5.41, 5.74) is 0. The molecular weight excluding hydrogens is 412 g/mol. The highest BCUT2D eigenvalue weighted by atomic mass is 15.5. The molecule has 34 heavy (non-hydrogen) atoms. The van der Waals surface area contributed by atoms with Crippen molar-refractivity contribution in [2.24, 2.45) is 0 Å². The summed E-state index contributed by atoms with van der Waals surface area (Å²) in [6, 6.07) is 1.60. The molecule has 0 spiro atoms. The summed E-state index contributed by atoms with van der Waals surface area (Å²) in [7, 11) is 5.14. The van der Waals surface area contributed by atoms with Gasteiger partial charge in [-0.25, -0.2) is 0 Å². The third-order valence-corrected chi connectivity index (χ3v) is 9.47. The van der Waals surface area contributed by atoms with Crippen LogP contribution < -0.4 is 0 Å². The molecule has 0 aliphatic carbocycles. The van der Waals surface area contributed by atoms with E-state index in [-0.39, 0.29) is 0 Å². The van der Waals surface area contributed by atoms with E-state index in [4.69, 9.17) is 0 Å². The van der Waals surface area contributed by atoms with E-state index in [0.29, 0.717) is 0 Å². The van der Waals surface area contributed by atoms with Crippen LogP contribution in [0.2, 0.25) is 0 Å². The smallest absolute Gasteiger partial charge is 0.136 e. The Morgan fingerprint density at radius 1 is 0.441 bits per heavy atom. The molecule has 0 aromatic heterocycles. The Morgan fingerprint density at radius 3 is 1.09 bits per heavy atom. The number of quaternary nitrogens is 2. The van der Waals surface area contributed by atoms with Gasteiger partial charge >= 0.3 is 0 Å². The maximum absolute atomic E-state index is 2.58. The first-order chi connectivity index (χ1) is 16.4. The zero-order valence-electron chi connectivity index (χ0n) is 25.0. The van der Waals surface area contributed by atoms with Gasteiger partial charge in [0.15, 0.2) is 0 Å². The van der Waals surface area contributed by atoms with Gasteiger partial charge in [-0.05, 0) is 39.5 Å². The minimum Gasteiger partial charge on any atom is -0.316 e. The Bertz CT molecular complexity index is 448. The van der Waals surface area contributed by atoms with Crippen LogP contribution in [0.25, 0.3) is 0 Å². The summed E-state index contributed by atoms with van der Waals surface area (Å²) in [6.45, 7) is 15.3. The SMILES string of the molecule is CCCCCCCCCCCC[N+]1(C)CC(C)[N+](C)(CCCCCCCCCCCC)C(C)C1. The molecule has 1 aliphatic heterocycles. The Hall–Kier alpha value is -0.0800. The van der Waals surface area contributed by atoms with Crippen LogP contribution in [-0.4, -0.2) is 61.3 Å². The molecule has 2 heteroatoms. The Kier molecular flexibility index (Phi) is 17.9. The number of hydrogen-bond donors (Lipinski definition) is 0. The summed E-state index contributed by atoms with van der Waals surface area (Å²) in [4.78, 5) is 0. The molecule has 1 rings (SSSR count). The molecule has 2 nitrogen and oxygen atoms in total. The van der Waals surface area contributed by atoms with Crippen LogP contribution in [0.3, 0.4) is 0 Å². The van der Waals surface area contributed by atoms with Crippen molar-refractivity contribution >= 4 is 0 Å². The summed E-state index contributed by atoms with van der Waals surface area (Å²) < 4.78 is 2.65. The molecule has 0 aromatic carbocycles. The van der Waals surface area contributed by atoms with E-state index in [9.17, 15) is 0 Å². The zero-order chi connectivity index (χ0) is 25.1. The molecule has 0 amide bonds. The first-order valence-electron chi connectivity index (χ1n) is 16.1. The molecule has 0 radical (unpaired) electrons. The van der Waals surface area contributed by atoms with Gasteiger partial charge in [-0.15, -0.1) is 0 Å². The van der Waals surface area contributed by atoms with Gasteiger partial charge in [0.25, 0.3) is 0 Å². The molecule has 0 bridgehead atoms. The van der Waals surface area contributed by atoms with Gasteiger partial charge in [-0.2, -0.15) is 0 Å². The average molecular weight is 481 g/mol. The van der Waals surface area contributed by atoms with E-state index in [1.807, 2.05) is 0 Å². The maximum atomic E-state index is 2.58. The Balaban J connectivity index is 2.16. The highest BCUT2D eigenvalue weighted by Crippen LogP contribution is 2.29. The first kappa shape index (κ1) is 31.9. The normalized spacial score (nSPS) is 27.4.